The van der Waals surface area contributed by atoms with E-state index in [4.69, 9.17) is 0 Å². The largest absolute Gasteiger partial charge is 0.340 e. The Morgan fingerprint density at radius 3 is 2.50 bits per heavy atom. The summed E-state index contributed by atoms with van der Waals surface area (Å²) < 4.78 is 0. The SMILES string of the molecule is CCCCN(C)C(=O)c1ccc(N(CC)c2cccc(C)c2)nn1. The molecule has 2 rings (SSSR count). The van der Waals surface area contributed by atoms with Crippen molar-refractivity contribution in [1.29, 1.82) is 0 Å². The molecule has 1 heterocycles. The lowest BCUT2D eigenvalue weighted by molar-refractivity contribution is 0.0786. The van der Waals surface area contributed by atoms with Crippen molar-refractivity contribution in [3.63, 3.8) is 0 Å². The van der Waals surface area contributed by atoms with Crippen LogP contribution >= 0.6 is 0 Å². The molecule has 1 amide bonds. The number of nitrogens with zero attached hydrogens (tertiary/aromatic N) is 4. The third kappa shape index (κ3) is 4.31. The summed E-state index contributed by atoms with van der Waals surface area (Å²) in [6, 6.07) is 11.9. The third-order valence-corrected chi connectivity index (χ3v) is 3.97. The standard InChI is InChI=1S/C19H26N4O/c1-5-7-13-22(4)19(24)17-11-12-18(21-20-17)23(6-2)16-10-8-9-15(3)14-16/h8-12,14H,5-7,13H2,1-4H3. The van der Waals surface area contributed by atoms with Crippen molar-refractivity contribution in [3.05, 3.63) is 47.7 Å². The molecule has 0 unspecified atom stereocenters. The van der Waals surface area contributed by atoms with E-state index in [0.717, 1.165) is 37.4 Å². The van der Waals surface area contributed by atoms with Crippen LogP contribution in [-0.4, -0.2) is 41.1 Å². The van der Waals surface area contributed by atoms with Gasteiger partial charge in [-0.25, -0.2) is 0 Å². The molecular weight excluding hydrogens is 300 g/mol. The molecule has 5 heteroatoms. The van der Waals surface area contributed by atoms with Crippen LogP contribution in [0.25, 0.3) is 0 Å². The Balaban J connectivity index is 2.17. The summed E-state index contributed by atoms with van der Waals surface area (Å²) in [5.41, 5.74) is 2.66. The van der Waals surface area contributed by atoms with E-state index >= 15 is 0 Å². The highest BCUT2D eigenvalue weighted by Gasteiger charge is 2.15. The monoisotopic (exact) mass is 326 g/mol. The van der Waals surface area contributed by atoms with Crippen molar-refractivity contribution in [2.24, 2.45) is 0 Å². The molecule has 0 saturated carbocycles. The molecule has 0 aliphatic rings. The van der Waals surface area contributed by atoms with Crippen LogP contribution in [0.15, 0.2) is 36.4 Å². The van der Waals surface area contributed by atoms with Gasteiger partial charge in [-0.2, -0.15) is 0 Å². The van der Waals surface area contributed by atoms with Crippen LogP contribution in [0.1, 0.15) is 42.7 Å². The van der Waals surface area contributed by atoms with Gasteiger partial charge in [0, 0.05) is 25.8 Å². The van der Waals surface area contributed by atoms with Gasteiger partial charge in [-0.3, -0.25) is 4.79 Å². The molecule has 0 radical (unpaired) electrons. The molecule has 1 aromatic carbocycles. The lowest BCUT2D eigenvalue weighted by atomic mass is 10.2. The Morgan fingerprint density at radius 2 is 1.92 bits per heavy atom. The Labute approximate surface area is 144 Å². The van der Waals surface area contributed by atoms with Crippen LogP contribution in [0.4, 0.5) is 11.5 Å². The molecule has 0 saturated heterocycles. The average molecular weight is 326 g/mol. The van der Waals surface area contributed by atoms with Gasteiger partial charge in [0.2, 0.25) is 0 Å². The molecule has 5 nitrogen and oxygen atoms in total. The van der Waals surface area contributed by atoms with Crippen LogP contribution in [-0.2, 0) is 0 Å². The van der Waals surface area contributed by atoms with E-state index in [-0.39, 0.29) is 5.91 Å². The summed E-state index contributed by atoms with van der Waals surface area (Å²) in [6.45, 7) is 7.76. The fraction of sp³-hybridized carbons (Fsp3) is 0.421. The maximum Gasteiger partial charge on any atom is 0.274 e. The van der Waals surface area contributed by atoms with E-state index in [1.54, 1.807) is 18.0 Å². The average Bonchev–Trinajstić information content (AvgIpc) is 2.60. The van der Waals surface area contributed by atoms with Crippen molar-refractivity contribution in [2.75, 3.05) is 25.0 Å². The van der Waals surface area contributed by atoms with Gasteiger partial charge in [0.15, 0.2) is 11.5 Å². The zero-order valence-corrected chi connectivity index (χ0v) is 15.0. The van der Waals surface area contributed by atoms with Crippen LogP contribution < -0.4 is 4.90 Å². The number of unbranched alkanes of at least 4 members (excludes halogenated alkanes) is 1. The van der Waals surface area contributed by atoms with Gasteiger partial charge in [0.05, 0.1) is 0 Å². The van der Waals surface area contributed by atoms with Gasteiger partial charge in [-0.15, -0.1) is 10.2 Å². The number of aromatic nitrogens is 2. The lowest BCUT2D eigenvalue weighted by Crippen LogP contribution is -2.29. The first kappa shape index (κ1) is 17.9. The number of carbonyl (C=O) groups excluding carboxylic acids is 1. The molecule has 0 aliphatic carbocycles. The number of hydrogen-bond donors (Lipinski definition) is 0. The summed E-state index contributed by atoms with van der Waals surface area (Å²) in [7, 11) is 1.80. The smallest absolute Gasteiger partial charge is 0.274 e. The minimum atomic E-state index is -0.0823. The summed E-state index contributed by atoms with van der Waals surface area (Å²) in [5.74, 6) is 0.664. The minimum Gasteiger partial charge on any atom is -0.340 e. The number of anilines is 2. The van der Waals surface area contributed by atoms with Crippen LogP contribution in [0.2, 0.25) is 0 Å². The highest BCUT2D eigenvalue weighted by Crippen LogP contribution is 2.23. The number of benzene rings is 1. The van der Waals surface area contributed by atoms with Gasteiger partial charge in [0.25, 0.3) is 5.91 Å². The molecule has 0 spiro atoms. The fourth-order valence-electron chi connectivity index (χ4n) is 2.55. The molecule has 0 N–H and O–H groups in total. The third-order valence-electron chi connectivity index (χ3n) is 3.97. The zero-order valence-electron chi connectivity index (χ0n) is 15.0. The number of amides is 1. The zero-order chi connectivity index (χ0) is 17.5. The predicted octanol–water partition coefficient (Wildman–Crippen LogP) is 3.82. The van der Waals surface area contributed by atoms with E-state index in [0.29, 0.717) is 5.69 Å². The van der Waals surface area contributed by atoms with Gasteiger partial charge >= 0.3 is 0 Å². The summed E-state index contributed by atoms with van der Waals surface area (Å²) >= 11 is 0. The highest BCUT2D eigenvalue weighted by atomic mass is 16.2. The quantitative estimate of drug-likeness (QED) is 0.776. The van der Waals surface area contributed by atoms with Gasteiger partial charge in [-0.05, 0) is 50.1 Å². The normalized spacial score (nSPS) is 10.5. The van der Waals surface area contributed by atoms with Gasteiger partial charge in [-0.1, -0.05) is 25.5 Å². The lowest BCUT2D eigenvalue weighted by Gasteiger charge is -2.22. The van der Waals surface area contributed by atoms with Crippen molar-refractivity contribution in [1.82, 2.24) is 15.1 Å². The first-order valence-corrected chi connectivity index (χ1v) is 8.50. The number of aryl methyl sites for hydroxylation is 1. The minimum absolute atomic E-state index is 0.0823. The molecule has 0 bridgehead atoms. The number of hydrogen-bond acceptors (Lipinski definition) is 4. The molecule has 0 fully saturated rings. The Kier molecular flexibility index (Phi) is 6.29. The summed E-state index contributed by atoms with van der Waals surface area (Å²) in [5, 5.41) is 8.41. The van der Waals surface area contributed by atoms with E-state index in [1.165, 1.54) is 5.56 Å². The number of carbonyl (C=O) groups is 1. The first-order valence-electron chi connectivity index (χ1n) is 8.50. The predicted molar refractivity (Wildman–Crippen MR) is 97.8 cm³/mol. The maximum atomic E-state index is 12.3. The topological polar surface area (TPSA) is 49.3 Å². The molecular formula is C19H26N4O. The van der Waals surface area contributed by atoms with Crippen molar-refractivity contribution >= 4 is 17.4 Å². The van der Waals surface area contributed by atoms with Crippen molar-refractivity contribution in [2.45, 2.75) is 33.6 Å². The molecule has 0 atom stereocenters. The Morgan fingerprint density at radius 1 is 1.12 bits per heavy atom. The van der Waals surface area contributed by atoms with E-state index < -0.39 is 0 Å². The van der Waals surface area contributed by atoms with Gasteiger partial charge in [0.1, 0.15) is 0 Å². The summed E-state index contributed by atoms with van der Waals surface area (Å²) in [6.07, 6.45) is 2.05. The second kappa shape index (κ2) is 8.43. The van der Waals surface area contributed by atoms with Crippen LogP contribution in [0, 0.1) is 6.92 Å². The second-order valence-electron chi connectivity index (χ2n) is 5.94. The summed E-state index contributed by atoms with van der Waals surface area (Å²) in [4.78, 5) is 16.1. The van der Waals surface area contributed by atoms with E-state index in [9.17, 15) is 4.79 Å². The Hall–Kier alpha value is -2.43. The molecule has 1 aromatic heterocycles. The van der Waals surface area contributed by atoms with Crippen molar-refractivity contribution < 1.29 is 4.79 Å². The van der Waals surface area contributed by atoms with Gasteiger partial charge < -0.3 is 9.80 Å². The molecule has 2 aromatic rings. The fourth-order valence-corrected chi connectivity index (χ4v) is 2.55. The highest BCUT2D eigenvalue weighted by molar-refractivity contribution is 5.92. The number of rotatable bonds is 7. The Bertz CT molecular complexity index is 669. The van der Waals surface area contributed by atoms with Crippen LogP contribution in [0.5, 0.6) is 0 Å². The second-order valence-corrected chi connectivity index (χ2v) is 5.94. The first-order chi connectivity index (χ1) is 11.6. The van der Waals surface area contributed by atoms with Crippen molar-refractivity contribution in [3.8, 4) is 0 Å². The maximum absolute atomic E-state index is 12.3. The van der Waals surface area contributed by atoms with E-state index in [2.05, 4.69) is 54.1 Å². The molecule has 0 aliphatic heterocycles. The molecule has 128 valence electrons. The van der Waals surface area contributed by atoms with Crippen LogP contribution in [0.3, 0.4) is 0 Å². The molecule has 24 heavy (non-hydrogen) atoms. The van der Waals surface area contributed by atoms with E-state index in [1.807, 2.05) is 12.1 Å².